The molecule has 1 amide bonds. The van der Waals surface area contributed by atoms with E-state index in [0.717, 1.165) is 25.9 Å². The Bertz CT molecular complexity index is 645. The molecule has 1 saturated carbocycles. The number of phenols is 1. The molecule has 7 heteroatoms. The van der Waals surface area contributed by atoms with E-state index >= 15 is 0 Å². The Balaban J connectivity index is 1.67. The topological polar surface area (TPSA) is 68.2 Å². The Morgan fingerprint density at radius 2 is 2.21 bits per heavy atom. The van der Waals surface area contributed by atoms with Gasteiger partial charge in [-0.1, -0.05) is 6.07 Å². The van der Waals surface area contributed by atoms with Crippen molar-refractivity contribution < 1.29 is 14.3 Å². The average Bonchev–Trinajstić information content (AvgIpc) is 3.39. The highest BCUT2D eigenvalue weighted by Crippen LogP contribution is 2.28. The zero-order valence-electron chi connectivity index (χ0n) is 13.8. The number of piperazine rings is 1. The van der Waals surface area contributed by atoms with Crippen molar-refractivity contribution >= 4 is 11.9 Å². The highest BCUT2D eigenvalue weighted by Gasteiger charge is 2.36. The van der Waals surface area contributed by atoms with Crippen LogP contribution in [0.2, 0.25) is 0 Å². The summed E-state index contributed by atoms with van der Waals surface area (Å²) in [5.41, 5.74) is 0.670. The maximum absolute atomic E-state index is 13.4. The summed E-state index contributed by atoms with van der Waals surface area (Å²) in [7, 11) is 0. The number of aliphatic imine (C=N–C) groups is 1. The van der Waals surface area contributed by atoms with Gasteiger partial charge in [0.2, 0.25) is 5.91 Å². The fourth-order valence-electron chi connectivity index (χ4n) is 2.88. The molecule has 1 aliphatic carbocycles. The van der Waals surface area contributed by atoms with Crippen LogP contribution in [0.4, 0.5) is 4.39 Å². The number of benzene rings is 1. The second kappa shape index (κ2) is 7.07. The molecule has 3 rings (SSSR count). The van der Waals surface area contributed by atoms with Crippen LogP contribution in [-0.2, 0) is 11.3 Å². The van der Waals surface area contributed by atoms with Crippen LogP contribution in [0.5, 0.6) is 5.75 Å². The number of hydrogen-bond acceptors (Lipinski definition) is 3. The van der Waals surface area contributed by atoms with Crippen molar-refractivity contribution in [1.82, 2.24) is 15.1 Å². The summed E-state index contributed by atoms with van der Waals surface area (Å²) >= 11 is 0. The maximum atomic E-state index is 13.4. The molecule has 130 valence electrons. The van der Waals surface area contributed by atoms with Gasteiger partial charge >= 0.3 is 0 Å². The number of nitrogens with zero attached hydrogens (tertiary/aromatic N) is 3. The van der Waals surface area contributed by atoms with Gasteiger partial charge in [-0.05, 0) is 37.5 Å². The lowest BCUT2D eigenvalue weighted by Crippen LogP contribution is -2.55. The SMILES string of the molecule is CCNC(=NCc1ccc(O)c(F)c1)N1CCN(C2CC2)C(=O)C1. The van der Waals surface area contributed by atoms with Gasteiger partial charge in [-0.3, -0.25) is 4.79 Å². The number of nitrogens with one attached hydrogen (secondary N) is 1. The molecule has 2 fully saturated rings. The van der Waals surface area contributed by atoms with Crippen molar-refractivity contribution in [3.63, 3.8) is 0 Å². The number of carbonyl (C=O) groups excluding carboxylic acids is 1. The Morgan fingerprint density at radius 3 is 2.83 bits per heavy atom. The summed E-state index contributed by atoms with van der Waals surface area (Å²) in [6.07, 6.45) is 2.23. The molecular formula is C17H23FN4O2. The minimum atomic E-state index is -0.652. The summed E-state index contributed by atoms with van der Waals surface area (Å²) in [6, 6.07) is 4.69. The number of guanidine groups is 1. The van der Waals surface area contributed by atoms with Crippen molar-refractivity contribution in [2.75, 3.05) is 26.2 Å². The number of aromatic hydroxyl groups is 1. The number of hydrogen-bond donors (Lipinski definition) is 2. The molecule has 0 aromatic heterocycles. The third-order valence-electron chi connectivity index (χ3n) is 4.30. The van der Waals surface area contributed by atoms with Crippen LogP contribution < -0.4 is 5.32 Å². The summed E-state index contributed by atoms with van der Waals surface area (Å²) in [5.74, 6) is -0.211. The lowest BCUT2D eigenvalue weighted by molar-refractivity contribution is -0.135. The first-order valence-corrected chi connectivity index (χ1v) is 8.38. The molecule has 2 aliphatic rings. The van der Waals surface area contributed by atoms with Gasteiger partial charge in [-0.25, -0.2) is 9.38 Å². The highest BCUT2D eigenvalue weighted by atomic mass is 19.1. The van der Waals surface area contributed by atoms with Gasteiger partial charge in [-0.2, -0.15) is 0 Å². The lowest BCUT2D eigenvalue weighted by Gasteiger charge is -2.36. The minimum absolute atomic E-state index is 0.144. The first-order chi connectivity index (χ1) is 11.6. The summed E-state index contributed by atoms with van der Waals surface area (Å²) in [6.45, 7) is 4.75. The summed E-state index contributed by atoms with van der Waals surface area (Å²) in [5, 5.41) is 12.4. The van der Waals surface area contributed by atoms with Crippen LogP contribution in [0.25, 0.3) is 0 Å². The number of rotatable bonds is 4. The lowest BCUT2D eigenvalue weighted by atomic mass is 10.2. The minimum Gasteiger partial charge on any atom is -0.505 e. The predicted octanol–water partition coefficient (Wildman–Crippen LogP) is 1.30. The summed E-state index contributed by atoms with van der Waals surface area (Å²) < 4.78 is 13.4. The number of phenolic OH excluding ortho intramolecular Hbond substituents is 1. The van der Waals surface area contributed by atoms with Crippen molar-refractivity contribution in [3.8, 4) is 5.75 Å². The Hall–Kier alpha value is -2.31. The van der Waals surface area contributed by atoms with Gasteiger partial charge in [0.25, 0.3) is 0 Å². The van der Waals surface area contributed by atoms with Crippen LogP contribution in [0.3, 0.4) is 0 Å². The molecule has 0 spiro atoms. The fraction of sp³-hybridized carbons (Fsp3) is 0.529. The van der Waals surface area contributed by atoms with Crippen LogP contribution >= 0.6 is 0 Å². The molecule has 1 aliphatic heterocycles. The second-order valence-electron chi connectivity index (χ2n) is 6.20. The molecule has 1 aromatic rings. The van der Waals surface area contributed by atoms with Gasteiger partial charge in [0.1, 0.15) is 0 Å². The van der Waals surface area contributed by atoms with Gasteiger partial charge in [0.05, 0.1) is 13.1 Å². The first-order valence-electron chi connectivity index (χ1n) is 8.38. The van der Waals surface area contributed by atoms with Crippen molar-refractivity contribution in [1.29, 1.82) is 0 Å². The maximum Gasteiger partial charge on any atom is 0.242 e. The molecule has 24 heavy (non-hydrogen) atoms. The van der Waals surface area contributed by atoms with E-state index in [4.69, 9.17) is 0 Å². The van der Waals surface area contributed by atoms with E-state index in [1.54, 1.807) is 6.07 Å². The van der Waals surface area contributed by atoms with Crippen molar-refractivity contribution in [2.45, 2.75) is 32.4 Å². The third-order valence-corrected chi connectivity index (χ3v) is 4.30. The second-order valence-corrected chi connectivity index (χ2v) is 6.20. The van der Waals surface area contributed by atoms with E-state index in [2.05, 4.69) is 10.3 Å². The number of carbonyl (C=O) groups is 1. The molecule has 2 N–H and O–H groups in total. The predicted molar refractivity (Wildman–Crippen MR) is 89.2 cm³/mol. The fourth-order valence-corrected chi connectivity index (χ4v) is 2.88. The van der Waals surface area contributed by atoms with Gasteiger partial charge in [0.15, 0.2) is 17.5 Å². The molecular weight excluding hydrogens is 311 g/mol. The third kappa shape index (κ3) is 3.77. The quantitative estimate of drug-likeness (QED) is 0.643. The van der Waals surface area contributed by atoms with Gasteiger partial charge < -0.3 is 20.2 Å². The Kier molecular flexibility index (Phi) is 4.87. The van der Waals surface area contributed by atoms with E-state index in [0.29, 0.717) is 30.7 Å². The zero-order chi connectivity index (χ0) is 17.1. The van der Waals surface area contributed by atoms with Crippen molar-refractivity contribution in [3.05, 3.63) is 29.6 Å². The monoisotopic (exact) mass is 334 g/mol. The van der Waals surface area contributed by atoms with E-state index in [1.807, 2.05) is 16.7 Å². The Morgan fingerprint density at radius 1 is 1.42 bits per heavy atom. The smallest absolute Gasteiger partial charge is 0.242 e. The largest absolute Gasteiger partial charge is 0.505 e. The molecule has 1 aromatic carbocycles. The molecule has 0 radical (unpaired) electrons. The molecule has 0 unspecified atom stereocenters. The van der Waals surface area contributed by atoms with Gasteiger partial charge in [-0.15, -0.1) is 0 Å². The molecule has 0 atom stereocenters. The number of amides is 1. The van der Waals surface area contributed by atoms with Gasteiger partial charge in [0, 0.05) is 25.7 Å². The van der Waals surface area contributed by atoms with E-state index in [9.17, 15) is 14.3 Å². The van der Waals surface area contributed by atoms with E-state index in [1.165, 1.54) is 12.1 Å². The normalized spacial score (nSPS) is 18.9. The first kappa shape index (κ1) is 16.5. The van der Waals surface area contributed by atoms with Crippen molar-refractivity contribution in [2.24, 2.45) is 4.99 Å². The van der Waals surface area contributed by atoms with E-state index < -0.39 is 5.82 Å². The summed E-state index contributed by atoms with van der Waals surface area (Å²) in [4.78, 5) is 20.7. The highest BCUT2D eigenvalue weighted by molar-refractivity contribution is 5.88. The van der Waals surface area contributed by atoms with Crippen LogP contribution in [0, 0.1) is 5.82 Å². The van der Waals surface area contributed by atoms with Crippen LogP contribution in [0.1, 0.15) is 25.3 Å². The molecule has 6 nitrogen and oxygen atoms in total. The molecule has 1 heterocycles. The standard InChI is InChI=1S/C17H23FN4O2/c1-2-19-17(20-10-12-3-6-15(23)14(18)9-12)21-7-8-22(13-4-5-13)16(24)11-21/h3,6,9,13,23H,2,4-5,7-8,10-11H2,1H3,(H,19,20). The molecule has 0 bridgehead atoms. The van der Waals surface area contributed by atoms with Crippen LogP contribution in [-0.4, -0.2) is 59.0 Å². The van der Waals surface area contributed by atoms with E-state index in [-0.39, 0.29) is 18.2 Å². The number of halogens is 1. The zero-order valence-corrected chi connectivity index (χ0v) is 13.8. The van der Waals surface area contributed by atoms with Crippen LogP contribution in [0.15, 0.2) is 23.2 Å². The average molecular weight is 334 g/mol. The Labute approximate surface area is 141 Å². The molecule has 1 saturated heterocycles.